The van der Waals surface area contributed by atoms with Crippen molar-refractivity contribution < 1.29 is 18.7 Å². The number of imidazole rings is 1. The van der Waals surface area contributed by atoms with E-state index in [4.69, 9.17) is 32.9 Å². The number of esters is 1. The number of aryl methyl sites for hydroxylation is 1. The van der Waals surface area contributed by atoms with Crippen LogP contribution in [0.15, 0.2) is 48.5 Å². The van der Waals surface area contributed by atoms with Crippen LogP contribution in [-0.4, -0.2) is 38.9 Å². The molecular weight excluding hydrogens is 590 g/mol. The fourth-order valence-electron chi connectivity index (χ4n) is 8.45. The minimum absolute atomic E-state index is 0.0211. The van der Waals surface area contributed by atoms with E-state index in [0.29, 0.717) is 39.8 Å². The van der Waals surface area contributed by atoms with Gasteiger partial charge in [0, 0.05) is 52.8 Å². The fourth-order valence-corrected chi connectivity index (χ4v) is 8.81. The lowest BCUT2D eigenvalue weighted by Gasteiger charge is -2.40. The molecule has 5 heterocycles. The Morgan fingerprint density at radius 2 is 1.93 bits per heavy atom. The molecule has 43 heavy (non-hydrogen) atoms. The predicted octanol–water partition coefficient (Wildman–Crippen LogP) is 6.93. The van der Waals surface area contributed by atoms with Crippen LogP contribution in [0.2, 0.25) is 10.0 Å². The first-order valence-corrected chi connectivity index (χ1v) is 15.6. The standard InChI is InChI=1S/C33H27Cl2FN4O3/c1-15-19-13-26-24(12-20(19)31(41)43-15)37-30-27-25(9-10-39(26)30)40(14-16-5-6-16)33(28(27)18-3-2-4-22(35)29(18)36)21-8-7-17(34)11-23(21)38-32(33)42/h2-4,7-8,11-13,15-16,25,27-28H,5-6,9-10,14H2,1H3,(H,38,42)/t15?,25-,27+,28-,33+/m0/s1. The van der Waals surface area contributed by atoms with Crippen LogP contribution < -0.4 is 5.32 Å². The summed E-state index contributed by atoms with van der Waals surface area (Å²) in [5.41, 5.74) is 3.67. The van der Waals surface area contributed by atoms with Gasteiger partial charge in [-0.2, -0.15) is 0 Å². The number of benzene rings is 3. The van der Waals surface area contributed by atoms with E-state index >= 15 is 4.39 Å². The van der Waals surface area contributed by atoms with Crippen molar-refractivity contribution in [3.8, 4) is 0 Å². The Morgan fingerprint density at radius 1 is 1.09 bits per heavy atom. The van der Waals surface area contributed by atoms with Crippen LogP contribution in [0.25, 0.3) is 11.0 Å². The number of amides is 1. The smallest absolute Gasteiger partial charge is 0.339 e. The molecule has 4 aromatic rings. The molecule has 1 N–H and O–H groups in total. The molecule has 1 aromatic heterocycles. The summed E-state index contributed by atoms with van der Waals surface area (Å²) < 4.78 is 23.9. The Labute approximate surface area is 256 Å². The van der Waals surface area contributed by atoms with Crippen molar-refractivity contribution in [2.24, 2.45) is 5.92 Å². The van der Waals surface area contributed by atoms with E-state index in [2.05, 4.69) is 14.8 Å². The summed E-state index contributed by atoms with van der Waals surface area (Å²) in [5.74, 6) is -0.708. The highest BCUT2D eigenvalue weighted by Gasteiger charge is 2.69. The molecule has 1 saturated heterocycles. The van der Waals surface area contributed by atoms with E-state index < -0.39 is 17.3 Å². The maximum Gasteiger partial charge on any atom is 0.339 e. The van der Waals surface area contributed by atoms with Crippen molar-refractivity contribution in [2.45, 2.75) is 62.3 Å². The molecule has 10 heteroatoms. The van der Waals surface area contributed by atoms with Crippen LogP contribution in [0.1, 0.15) is 77.0 Å². The number of ether oxygens (including phenoxy) is 1. The molecule has 7 nitrogen and oxygen atoms in total. The van der Waals surface area contributed by atoms with Crippen LogP contribution in [0.3, 0.4) is 0 Å². The zero-order valence-electron chi connectivity index (χ0n) is 23.2. The first-order chi connectivity index (χ1) is 20.8. The topological polar surface area (TPSA) is 76.5 Å². The van der Waals surface area contributed by atoms with E-state index in [1.54, 1.807) is 24.3 Å². The van der Waals surface area contributed by atoms with Gasteiger partial charge in [-0.05, 0) is 68.0 Å². The van der Waals surface area contributed by atoms with Gasteiger partial charge in [0.1, 0.15) is 23.3 Å². The Morgan fingerprint density at radius 3 is 2.74 bits per heavy atom. The normalized spacial score (nSPS) is 29.0. The molecule has 5 aliphatic rings. The van der Waals surface area contributed by atoms with Crippen molar-refractivity contribution in [1.29, 1.82) is 0 Å². The lowest BCUT2D eigenvalue weighted by atomic mass is 9.70. The van der Waals surface area contributed by atoms with Gasteiger partial charge in [-0.1, -0.05) is 41.4 Å². The monoisotopic (exact) mass is 616 g/mol. The number of carbonyl (C=O) groups excluding carboxylic acids is 2. The predicted molar refractivity (Wildman–Crippen MR) is 160 cm³/mol. The maximum atomic E-state index is 16.3. The van der Waals surface area contributed by atoms with Gasteiger partial charge in [0.05, 0.1) is 21.6 Å². The number of likely N-dealkylation sites (tertiary alicyclic amines) is 1. The number of nitrogens with zero attached hydrogens (tertiary/aromatic N) is 3. The van der Waals surface area contributed by atoms with E-state index in [9.17, 15) is 9.59 Å². The SMILES string of the molecule is CC1OC(=O)c2cc3nc4n(c3cc21)CC[C@H]1[C@@H]4[C@H](c2cccc(Cl)c2F)[C@]2(C(=O)Nc3cc(Cl)ccc32)N1CC1CC1. The molecule has 2 fully saturated rings. The third kappa shape index (κ3) is 3.37. The summed E-state index contributed by atoms with van der Waals surface area (Å²) in [4.78, 5) is 34.7. The van der Waals surface area contributed by atoms with Crippen molar-refractivity contribution in [3.05, 3.63) is 92.5 Å². The van der Waals surface area contributed by atoms with Gasteiger partial charge >= 0.3 is 5.97 Å². The first kappa shape index (κ1) is 26.0. The second-order valence-corrected chi connectivity index (χ2v) is 13.4. The third-order valence-corrected chi connectivity index (χ3v) is 10.9. The zero-order valence-corrected chi connectivity index (χ0v) is 24.8. The van der Waals surface area contributed by atoms with Gasteiger partial charge in [0.2, 0.25) is 5.91 Å². The molecule has 1 saturated carbocycles. The van der Waals surface area contributed by atoms with Gasteiger partial charge in [0.15, 0.2) is 0 Å². The molecule has 0 bridgehead atoms. The zero-order chi connectivity index (χ0) is 29.4. The van der Waals surface area contributed by atoms with Gasteiger partial charge in [-0.3, -0.25) is 9.69 Å². The number of halogens is 3. The molecule has 1 amide bonds. The third-order valence-electron chi connectivity index (χ3n) is 10.4. The number of anilines is 1. The molecule has 1 aliphatic carbocycles. The van der Waals surface area contributed by atoms with Crippen molar-refractivity contribution in [1.82, 2.24) is 14.5 Å². The average molecular weight is 618 g/mol. The largest absolute Gasteiger partial charge is 0.454 e. The van der Waals surface area contributed by atoms with Crippen molar-refractivity contribution >= 4 is 51.8 Å². The molecule has 218 valence electrons. The quantitative estimate of drug-likeness (QED) is 0.253. The number of cyclic esters (lactones) is 1. The van der Waals surface area contributed by atoms with E-state index in [1.807, 2.05) is 31.2 Å². The summed E-state index contributed by atoms with van der Waals surface area (Å²) >= 11 is 12.8. The van der Waals surface area contributed by atoms with Crippen LogP contribution in [0, 0.1) is 11.7 Å². The second kappa shape index (κ2) is 8.80. The fraction of sp³-hybridized carbons (Fsp3) is 0.364. The van der Waals surface area contributed by atoms with Crippen molar-refractivity contribution in [3.63, 3.8) is 0 Å². The number of carbonyl (C=O) groups is 2. The van der Waals surface area contributed by atoms with E-state index in [0.717, 1.165) is 48.3 Å². The highest BCUT2D eigenvalue weighted by Crippen LogP contribution is 2.64. The van der Waals surface area contributed by atoms with Crippen LogP contribution in [0.5, 0.6) is 0 Å². The minimum Gasteiger partial charge on any atom is -0.454 e. The average Bonchev–Trinajstić information content (AvgIpc) is 3.47. The van der Waals surface area contributed by atoms with Gasteiger partial charge in [-0.15, -0.1) is 0 Å². The Balaban J connectivity index is 1.33. The van der Waals surface area contributed by atoms with Gasteiger partial charge < -0.3 is 14.6 Å². The number of hydrogen-bond acceptors (Lipinski definition) is 5. The molecule has 9 rings (SSSR count). The highest BCUT2D eigenvalue weighted by atomic mass is 35.5. The number of hydrogen-bond donors (Lipinski definition) is 1. The van der Waals surface area contributed by atoms with E-state index in [-0.39, 0.29) is 35.0 Å². The summed E-state index contributed by atoms with van der Waals surface area (Å²) in [6, 6.07) is 14.3. The van der Waals surface area contributed by atoms with Gasteiger partial charge in [-0.25, -0.2) is 14.2 Å². The molecule has 5 atom stereocenters. The summed E-state index contributed by atoms with van der Waals surface area (Å²) in [5, 5.41) is 3.67. The molecule has 0 radical (unpaired) electrons. The highest BCUT2D eigenvalue weighted by molar-refractivity contribution is 6.31. The van der Waals surface area contributed by atoms with E-state index in [1.165, 1.54) is 0 Å². The number of rotatable bonds is 3. The Kier molecular flexibility index (Phi) is 5.32. The molecule has 1 unspecified atom stereocenters. The maximum absolute atomic E-state index is 16.3. The number of fused-ring (bicyclic) bond motifs is 8. The molecule has 1 spiro atoms. The molecular formula is C33H27Cl2FN4O3. The van der Waals surface area contributed by atoms with Crippen molar-refractivity contribution in [2.75, 3.05) is 11.9 Å². The Bertz CT molecular complexity index is 1920. The van der Waals surface area contributed by atoms with Crippen LogP contribution >= 0.6 is 23.2 Å². The van der Waals surface area contributed by atoms with Gasteiger partial charge in [0.25, 0.3) is 0 Å². The number of aromatic nitrogens is 2. The first-order valence-electron chi connectivity index (χ1n) is 14.8. The lowest BCUT2D eigenvalue weighted by Crippen LogP contribution is -2.53. The molecule has 3 aromatic carbocycles. The second-order valence-electron chi connectivity index (χ2n) is 12.6. The summed E-state index contributed by atoms with van der Waals surface area (Å²) in [7, 11) is 0. The van der Waals surface area contributed by atoms with Crippen LogP contribution in [0.4, 0.5) is 10.1 Å². The number of nitrogens with one attached hydrogen (secondary N) is 1. The van der Waals surface area contributed by atoms with Crippen LogP contribution in [-0.2, 0) is 21.6 Å². The minimum atomic E-state index is -1.18. The molecule has 4 aliphatic heterocycles. The summed E-state index contributed by atoms with van der Waals surface area (Å²) in [6.45, 7) is 3.29. The Hall–Kier alpha value is -3.46. The summed E-state index contributed by atoms with van der Waals surface area (Å²) in [6.07, 6.45) is 2.63. The lowest BCUT2D eigenvalue weighted by molar-refractivity contribution is -0.128.